The molecule has 1 aromatic carbocycles. The Labute approximate surface area is 124 Å². The van der Waals surface area contributed by atoms with E-state index in [-0.39, 0.29) is 11.4 Å². The van der Waals surface area contributed by atoms with Crippen molar-refractivity contribution in [2.24, 2.45) is 0 Å². The number of aromatic nitrogens is 2. The second-order valence-electron chi connectivity index (χ2n) is 4.70. The molecule has 0 saturated heterocycles. The van der Waals surface area contributed by atoms with Gasteiger partial charge < -0.3 is 10.3 Å². The second kappa shape index (κ2) is 6.15. The molecular weight excluding hydrogens is 289 g/mol. The molecule has 21 heavy (non-hydrogen) atoms. The molecular formula is C15H14FN3OS. The van der Waals surface area contributed by atoms with E-state index < -0.39 is 0 Å². The van der Waals surface area contributed by atoms with E-state index in [0.717, 1.165) is 24.0 Å². The topological polar surface area (TPSA) is 57.8 Å². The van der Waals surface area contributed by atoms with Crippen molar-refractivity contribution in [3.63, 3.8) is 0 Å². The summed E-state index contributed by atoms with van der Waals surface area (Å²) in [5.41, 5.74) is 1.71. The Hall–Kier alpha value is -2.05. The van der Waals surface area contributed by atoms with E-state index >= 15 is 0 Å². The molecule has 0 radical (unpaired) electrons. The second-order valence-corrected chi connectivity index (χ2v) is 5.62. The first-order valence-corrected chi connectivity index (χ1v) is 7.52. The van der Waals surface area contributed by atoms with Gasteiger partial charge in [-0.25, -0.2) is 9.37 Å². The summed E-state index contributed by atoms with van der Waals surface area (Å²) in [5, 5.41) is 5.09. The van der Waals surface area contributed by atoms with Gasteiger partial charge >= 0.3 is 0 Å². The first-order chi connectivity index (χ1) is 10.2. The van der Waals surface area contributed by atoms with Crippen molar-refractivity contribution < 1.29 is 4.39 Å². The van der Waals surface area contributed by atoms with Crippen LogP contribution in [0.1, 0.15) is 11.4 Å². The quantitative estimate of drug-likeness (QED) is 0.712. The van der Waals surface area contributed by atoms with Crippen LogP contribution < -0.4 is 10.9 Å². The molecule has 0 fully saturated rings. The summed E-state index contributed by atoms with van der Waals surface area (Å²) in [5.74, 6) is 0.405. The number of rotatable bonds is 5. The largest absolute Gasteiger partial charge is 0.310 e. The fourth-order valence-electron chi connectivity index (χ4n) is 2.10. The van der Waals surface area contributed by atoms with Crippen LogP contribution in [0, 0.1) is 5.82 Å². The number of hydrogen-bond acceptors (Lipinski definition) is 4. The lowest BCUT2D eigenvalue weighted by Gasteiger charge is -2.05. The van der Waals surface area contributed by atoms with E-state index in [1.54, 1.807) is 12.1 Å². The highest BCUT2D eigenvalue weighted by molar-refractivity contribution is 7.17. The van der Waals surface area contributed by atoms with E-state index in [4.69, 9.17) is 0 Å². The summed E-state index contributed by atoms with van der Waals surface area (Å²) < 4.78 is 13.4. The minimum Gasteiger partial charge on any atom is -0.310 e. The molecule has 0 atom stereocenters. The van der Waals surface area contributed by atoms with Gasteiger partial charge in [-0.3, -0.25) is 4.79 Å². The first-order valence-electron chi connectivity index (χ1n) is 6.64. The number of nitrogens with zero attached hydrogens (tertiary/aromatic N) is 1. The Morgan fingerprint density at radius 2 is 2.05 bits per heavy atom. The average Bonchev–Trinajstić information content (AvgIpc) is 2.94. The first kappa shape index (κ1) is 13.9. The molecule has 3 rings (SSSR count). The monoisotopic (exact) mass is 303 g/mol. The van der Waals surface area contributed by atoms with E-state index in [1.807, 2.05) is 11.4 Å². The van der Waals surface area contributed by atoms with Crippen molar-refractivity contribution in [1.82, 2.24) is 15.3 Å². The number of H-pyrrole nitrogens is 1. The maximum Gasteiger partial charge on any atom is 0.268 e. The lowest BCUT2D eigenvalue weighted by Crippen LogP contribution is -2.21. The summed E-state index contributed by atoms with van der Waals surface area (Å²) in [6, 6.07) is 8.30. The zero-order valence-corrected chi connectivity index (χ0v) is 12.0. The van der Waals surface area contributed by atoms with E-state index in [0.29, 0.717) is 17.1 Å². The van der Waals surface area contributed by atoms with Crippen LogP contribution in [0.2, 0.25) is 0 Å². The molecule has 0 bridgehead atoms. The summed E-state index contributed by atoms with van der Waals surface area (Å²) in [4.78, 5) is 19.0. The average molecular weight is 303 g/mol. The van der Waals surface area contributed by atoms with Gasteiger partial charge in [0.25, 0.3) is 5.56 Å². The molecule has 0 spiro atoms. The number of nitrogens with one attached hydrogen (secondary N) is 2. The molecule has 2 N–H and O–H groups in total. The predicted octanol–water partition coefficient (Wildman–Crippen LogP) is 2.46. The molecule has 0 aliphatic heterocycles. The number of aromatic amines is 1. The molecule has 0 aliphatic rings. The van der Waals surface area contributed by atoms with Gasteiger partial charge in [-0.2, -0.15) is 0 Å². The minimum absolute atomic E-state index is 0.0923. The van der Waals surface area contributed by atoms with E-state index in [9.17, 15) is 9.18 Å². The van der Waals surface area contributed by atoms with Crippen LogP contribution in [-0.2, 0) is 13.0 Å². The van der Waals surface area contributed by atoms with Gasteiger partial charge in [-0.05, 0) is 42.1 Å². The number of thiophene rings is 1. The van der Waals surface area contributed by atoms with Crippen molar-refractivity contribution in [1.29, 1.82) is 0 Å². The lowest BCUT2D eigenvalue weighted by atomic mass is 10.1. The van der Waals surface area contributed by atoms with Gasteiger partial charge in [-0.1, -0.05) is 12.1 Å². The molecule has 0 aliphatic carbocycles. The summed E-state index contributed by atoms with van der Waals surface area (Å²) in [6.07, 6.45) is 0.797. The molecule has 6 heteroatoms. The number of fused-ring (bicyclic) bond motifs is 1. The number of halogens is 1. The van der Waals surface area contributed by atoms with Gasteiger partial charge in [0.15, 0.2) is 0 Å². The van der Waals surface area contributed by atoms with Crippen molar-refractivity contribution in [3.05, 3.63) is 63.3 Å². The SMILES string of the molecule is O=c1[nH]c(CNCCc2ccc(F)cc2)nc2ccsc12. The smallest absolute Gasteiger partial charge is 0.268 e. The van der Waals surface area contributed by atoms with Gasteiger partial charge in [0, 0.05) is 0 Å². The van der Waals surface area contributed by atoms with Crippen LogP contribution in [0.25, 0.3) is 10.2 Å². The third kappa shape index (κ3) is 3.34. The van der Waals surface area contributed by atoms with Crippen molar-refractivity contribution in [3.8, 4) is 0 Å². The van der Waals surface area contributed by atoms with Crippen molar-refractivity contribution in [2.45, 2.75) is 13.0 Å². The van der Waals surface area contributed by atoms with E-state index in [1.165, 1.54) is 23.5 Å². The molecule has 0 amide bonds. The zero-order valence-electron chi connectivity index (χ0n) is 11.2. The van der Waals surface area contributed by atoms with Crippen molar-refractivity contribution in [2.75, 3.05) is 6.54 Å². The van der Waals surface area contributed by atoms with Gasteiger partial charge in [-0.15, -0.1) is 11.3 Å². The molecule has 4 nitrogen and oxygen atoms in total. The molecule has 0 saturated carbocycles. The van der Waals surface area contributed by atoms with Crippen molar-refractivity contribution >= 4 is 21.6 Å². The molecule has 2 heterocycles. The van der Waals surface area contributed by atoms with Crippen LogP contribution in [-0.4, -0.2) is 16.5 Å². The molecule has 3 aromatic rings. The molecule has 108 valence electrons. The van der Waals surface area contributed by atoms with Gasteiger partial charge in [0.1, 0.15) is 16.3 Å². The minimum atomic E-state index is -0.224. The Bertz CT molecular complexity index is 795. The fourth-order valence-corrected chi connectivity index (χ4v) is 2.82. The van der Waals surface area contributed by atoms with Gasteiger partial charge in [0.05, 0.1) is 12.1 Å². The highest BCUT2D eigenvalue weighted by Gasteiger charge is 2.04. The van der Waals surface area contributed by atoms with E-state index in [2.05, 4.69) is 15.3 Å². The maximum atomic E-state index is 12.8. The highest BCUT2D eigenvalue weighted by atomic mass is 32.1. The van der Waals surface area contributed by atoms with Crippen LogP contribution in [0.15, 0.2) is 40.5 Å². The Balaban J connectivity index is 1.57. The third-order valence-electron chi connectivity index (χ3n) is 3.16. The Morgan fingerprint density at radius 3 is 2.86 bits per heavy atom. The van der Waals surface area contributed by atoms with Gasteiger partial charge in [0.2, 0.25) is 0 Å². The van der Waals surface area contributed by atoms with Crippen LogP contribution in [0.4, 0.5) is 4.39 Å². The Kier molecular flexibility index (Phi) is 4.08. The normalized spacial score (nSPS) is 11.1. The molecule has 0 unspecified atom stereocenters. The summed E-state index contributed by atoms with van der Waals surface area (Å²) in [7, 11) is 0. The lowest BCUT2D eigenvalue weighted by molar-refractivity contribution is 0.625. The zero-order chi connectivity index (χ0) is 14.7. The third-order valence-corrected chi connectivity index (χ3v) is 4.06. The fraction of sp³-hybridized carbons (Fsp3) is 0.200. The molecule has 2 aromatic heterocycles. The maximum absolute atomic E-state index is 12.8. The summed E-state index contributed by atoms with van der Waals surface area (Å²) >= 11 is 1.39. The van der Waals surface area contributed by atoms with Crippen LogP contribution in [0.3, 0.4) is 0 Å². The van der Waals surface area contributed by atoms with Crippen LogP contribution in [0.5, 0.6) is 0 Å². The predicted molar refractivity (Wildman–Crippen MR) is 82.1 cm³/mol. The number of hydrogen-bond donors (Lipinski definition) is 2. The number of benzene rings is 1. The van der Waals surface area contributed by atoms with Crippen LogP contribution >= 0.6 is 11.3 Å². The summed E-state index contributed by atoms with van der Waals surface area (Å²) in [6.45, 7) is 1.24. The standard InChI is InChI=1S/C15H14FN3OS/c16-11-3-1-10(2-4-11)5-7-17-9-13-18-12-6-8-21-14(12)15(20)19-13/h1-4,6,8,17H,5,7,9H2,(H,18,19,20). The highest BCUT2D eigenvalue weighted by Crippen LogP contribution is 2.13. The Morgan fingerprint density at radius 1 is 1.24 bits per heavy atom.